The lowest BCUT2D eigenvalue weighted by atomic mass is 10.2. The number of sulfonamides is 1. The van der Waals surface area contributed by atoms with E-state index in [4.69, 9.17) is 0 Å². The van der Waals surface area contributed by atoms with Crippen LogP contribution in [0, 0.1) is 6.92 Å². The van der Waals surface area contributed by atoms with E-state index in [1.165, 1.54) is 10.8 Å². The van der Waals surface area contributed by atoms with E-state index in [1.807, 2.05) is 25.1 Å². The molecule has 6 nitrogen and oxygen atoms in total. The van der Waals surface area contributed by atoms with Crippen LogP contribution < -0.4 is 10.4 Å². The Balaban J connectivity index is 1.83. The molecule has 0 saturated heterocycles. The monoisotopic (exact) mass is 321 g/mol. The van der Waals surface area contributed by atoms with E-state index < -0.39 is 10.0 Å². The van der Waals surface area contributed by atoms with Gasteiger partial charge in [0.2, 0.25) is 10.0 Å². The summed E-state index contributed by atoms with van der Waals surface area (Å²) in [6.45, 7) is 2.64. The van der Waals surface area contributed by atoms with Crippen molar-refractivity contribution in [2.45, 2.75) is 25.6 Å². The van der Waals surface area contributed by atoms with Gasteiger partial charge in [-0.15, -0.1) is 0 Å². The van der Waals surface area contributed by atoms with Crippen molar-refractivity contribution in [3.63, 3.8) is 0 Å². The predicted molar refractivity (Wildman–Crippen MR) is 84.9 cm³/mol. The van der Waals surface area contributed by atoms with Crippen LogP contribution >= 0.6 is 0 Å². The molecule has 0 atom stereocenters. The summed E-state index contributed by atoms with van der Waals surface area (Å²) in [6, 6.07) is 9.09. The molecule has 0 saturated carbocycles. The fourth-order valence-electron chi connectivity index (χ4n) is 2.11. The van der Waals surface area contributed by atoms with E-state index >= 15 is 0 Å². The number of benzene rings is 1. The van der Waals surface area contributed by atoms with E-state index in [0.29, 0.717) is 13.0 Å². The first-order valence-corrected chi connectivity index (χ1v) is 8.66. The van der Waals surface area contributed by atoms with Gasteiger partial charge in [0.15, 0.2) is 0 Å². The van der Waals surface area contributed by atoms with Crippen LogP contribution in [0.3, 0.4) is 0 Å². The first-order valence-electron chi connectivity index (χ1n) is 7.01. The maximum absolute atomic E-state index is 12.0. The Morgan fingerprint density at radius 3 is 2.82 bits per heavy atom. The van der Waals surface area contributed by atoms with Crippen LogP contribution in [0.2, 0.25) is 0 Å². The number of nitrogens with one attached hydrogen (secondary N) is 1. The molecule has 0 unspecified atom stereocenters. The minimum atomic E-state index is -3.37. The van der Waals surface area contributed by atoms with Crippen LogP contribution in [0.4, 0.5) is 0 Å². The smallest absolute Gasteiger partial charge is 0.299 e. The second-order valence-corrected chi connectivity index (χ2v) is 6.90. The second kappa shape index (κ2) is 7.33. The summed E-state index contributed by atoms with van der Waals surface area (Å²) < 4.78 is 28.0. The SMILES string of the molecule is Cc1cccc(CS(=O)(=O)NCCCn2cccnc2=O)c1. The molecule has 0 radical (unpaired) electrons. The quantitative estimate of drug-likeness (QED) is 0.773. The summed E-state index contributed by atoms with van der Waals surface area (Å²) in [5, 5.41) is 0. The Bertz CT molecular complexity index is 784. The fourth-order valence-corrected chi connectivity index (χ4v) is 3.28. The Kier molecular flexibility index (Phi) is 5.46. The topological polar surface area (TPSA) is 81.1 Å². The molecule has 2 rings (SSSR count). The zero-order valence-corrected chi connectivity index (χ0v) is 13.2. The maximum atomic E-state index is 12.0. The molecule has 0 amide bonds. The summed E-state index contributed by atoms with van der Waals surface area (Å²) >= 11 is 0. The molecule has 0 aliphatic carbocycles. The molecule has 2 aromatic rings. The van der Waals surface area contributed by atoms with Gasteiger partial charge < -0.3 is 0 Å². The van der Waals surface area contributed by atoms with E-state index in [2.05, 4.69) is 9.71 Å². The van der Waals surface area contributed by atoms with Crippen molar-refractivity contribution >= 4 is 10.0 Å². The van der Waals surface area contributed by atoms with Gasteiger partial charge in [-0.1, -0.05) is 29.8 Å². The lowest BCUT2D eigenvalue weighted by Crippen LogP contribution is -2.28. The fraction of sp³-hybridized carbons (Fsp3) is 0.333. The highest BCUT2D eigenvalue weighted by atomic mass is 32.2. The first-order chi connectivity index (χ1) is 10.5. The van der Waals surface area contributed by atoms with Crippen molar-refractivity contribution in [1.82, 2.24) is 14.3 Å². The molecule has 0 spiro atoms. The maximum Gasteiger partial charge on any atom is 0.347 e. The number of hydrogen-bond acceptors (Lipinski definition) is 4. The Morgan fingerprint density at radius 1 is 1.27 bits per heavy atom. The van der Waals surface area contributed by atoms with Gasteiger partial charge in [-0.25, -0.2) is 22.9 Å². The lowest BCUT2D eigenvalue weighted by molar-refractivity contribution is 0.563. The zero-order valence-electron chi connectivity index (χ0n) is 12.4. The highest BCUT2D eigenvalue weighted by Gasteiger charge is 2.10. The number of nitrogens with zero attached hydrogens (tertiary/aromatic N) is 2. The van der Waals surface area contributed by atoms with E-state index in [1.54, 1.807) is 18.3 Å². The number of hydrogen-bond donors (Lipinski definition) is 1. The van der Waals surface area contributed by atoms with Crippen molar-refractivity contribution in [3.05, 3.63) is 64.3 Å². The highest BCUT2D eigenvalue weighted by Crippen LogP contribution is 2.07. The van der Waals surface area contributed by atoms with Crippen molar-refractivity contribution in [2.24, 2.45) is 0 Å². The predicted octanol–water partition coefficient (Wildman–Crippen LogP) is 1.06. The van der Waals surface area contributed by atoms with Crippen LogP contribution in [0.25, 0.3) is 0 Å². The molecule has 0 aliphatic rings. The van der Waals surface area contributed by atoms with E-state index in [9.17, 15) is 13.2 Å². The van der Waals surface area contributed by atoms with Crippen LogP contribution in [-0.4, -0.2) is 24.5 Å². The second-order valence-electron chi connectivity index (χ2n) is 5.09. The van der Waals surface area contributed by atoms with Gasteiger partial charge in [0.25, 0.3) is 0 Å². The molecular formula is C15H19N3O3S. The van der Waals surface area contributed by atoms with Crippen LogP contribution in [0.1, 0.15) is 17.5 Å². The van der Waals surface area contributed by atoms with Crippen LogP contribution in [0.5, 0.6) is 0 Å². The highest BCUT2D eigenvalue weighted by molar-refractivity contribution is 7.88. The van der Waals surface area contributed by atoms with Gasteiger partial charge in [0.05, 0.1) is 5.75 Å². The summed E-state index contributed by atoms with van der Waals surface area (Å²) in [6.07, 6.45) is 3.60. The van der Waals surface area contributed by atoms with Gasteiger partial charge in [-0.2, -0.15) is 0 Å². The third-order valence-corrected chi connectivity index (χ3v) is 4.48. The van der Waals surface area contributed by atoms with Crippen molar-refractivity contribution in [1.29, 1.82) is 0 Å². The van der Waals surface area contributed by atoms with Gasteiger partial charge >= 0.3 is 5.69 Å². The first kappa shape index (κ1) is 16.4. The Morgan fingerprint density at radius 2 is 2.09 bits per heavy atom. The summed E-state index contributed by atoms with van der Waals surface area (Å²) in [4.78, 5) is 15.0. The molecule has 118 valence electrons. The lowest BCUT2D eigenvalue weighted by Gasteiger charge is -2.08. The molecule has 22 heavy (non-hydrogen) atoms. The van der Waals surface area contributed by atoms with Crippen molar-refractivity contribution < 1.29 is 8.42 Å². The third-order valence-electron chi connectivity index (χ3n) is 3.12. The molecule has 1 heterocycles. The van der Waals surface area contributed by atoms with Crippen LogP contribution in [0.15, 0.2) is 47.5 Å². The minimum Gasteiger partial charge on any atom is -0.299 e. The van der Waals surface area contributed by atoms with Gasteiger partial charge in [-0.05, 0) is 25.0 Å². The number of aryl methyl sites for hydroxylation is 2. The summed E-state index contributed by atoms with van der Waals surface area (Å²) in [5.74, 6) is -0.0402. The Labute approximate surface area is 129 Å². The molecule has 0 bridgehead atoms. The molecule has 1 N–H and O–H groups in total. The van der Waals surface area contributed by atoms with Crippen molar-refractivity contribution in [3.8, 4) is 0 Å². The van der Waals surface area contributed by atoms with Gasteiger partial charge in [0, 0.05) is 25.5 Å². The average molecular weight is 321 g/mol. The normalized spacial score (nSPS) is 11.5. The molecule has 1 aromatic heterocycles. The zero-order chi connectivity index (χ0) is 16.0. The van der Waals surface area contributed by atoms with Crippen LogP contribution in [-0.2, 0) is 22.3 Å². The number of aromatic nitrogens is 2. The van der Waals surface area contributed by atoms with E-state index in [-0.39, 0.29) is 18.0 Å². The standard InChI is InChI=1S/C15H19N3O3S/c1-13-5-2-6-14(11-13)12-22(20,21)17-8-4-10-18-9-3-7-16-15(18)19/h2-3,5-7,9,11,17H,4,8,10,12H2,1H3. The minimum absolute atomic E-state index is 0.0402. The van der Waals surface area contributed by atoms with Gasteiger partial charge in [-0.3, -0.25) is 4.57 Å². The molecule has 0 aliphatic heterocycles. The molecule has 0 fully saturated rings. The Hall–Kier alpha value is -1.99. The van der Waals surface area contributed by atoms with Crippen molar-refractivity contribution in [2.75, 3.05) is 6.54 Å². The van der Waals surface area contributed by atoms with E-state index in [0.717, 1.165) is 11.1 Å². The molecule has 7 heteroatoms. The third kappa shape index (κ3) is 5.09. The molecule has 1 aromatic carbocycles. The number of rotatable bonds is 7. The molecular weight excluding hydrogens is 302 g/mol. The average Bonchev–Trinajstić information content (AvgIpc) is 2.45. The largest absolute Gasteiger partial charge is 0.347 e. The summed E-state index contributed by atoms with van der Waals surface area (Å²) in [7, 11) is -3.37. The van der Waals surface area contributed by atoms with Gasteiger partial charge in [0.1, 0.15) is 0 Å². The summed E-state index contributed by atoms with van der Waals surface area (Å²) in [5.41, 5.74) is 1.46.